The molecule has 0 unspecified atom stereocenters. The van der Waals surface area contributed by atoms with Crippen LogP contribution >= 0.6 is 0 Å². The van der Waals surface area contributed by atoms with Gasteiger partial charge in [0.25, 0.3) is 0 Å². The largest absolute Gasteiger partial charge is 0.462 e. The minimum absolute atomic E-state index is 0.00870. The number of nitrogens with zero attached hydrogens (tertiary/aromatic N) is 1. The highest BCUT2D eigenvalue weighted by Crippen LogP contribution is 2.18. The number of esters is 1. The van der Waals surface area contributed by atoms with Crippen LogP contribution in [0.3, 0.4) is 0 Å². The number of carbonyl (C=O) groups excluding carboxylic acids is 2. The maximum atomic E-state index is 12.7. The minimum Gasteiger partial charge on any atom is -0.462 e. The lowest BCUT2D eigenvalue weighted by Gasteiger charge is -2.21. The fraction of sp³-hybridized carbons (Fsp3) is 0.956. The highest BCUT2D eigenvalue weighted by molar-refractivity contribution is 5.79. The Morgan fingerprint density at radius 1 is 0.490 bits per heavy atom. The summed E-state index contributed by atoms with van der Waals surface area (Å²) in [5, 5.41) is 9.54. The summed E-state index contributed by atoms with van der Waals surface area (Å²) in [5.41, 5.74) is 0. The van der Waals surface area contributed by atoms with Gasteiger partial charge < -0.3 is 19.5 Å². The van der Waals surface area contributed by atoms with E-state index < -0.39 is 0 Å². The second kappa shape index (κ2) is 41.8. The SMILES string of the molecule is CCCCCCCCCCCOCC(=O)CCCCCN(CCO)CCCCCCCC(=O)OC(CCCCCCCC)CCCCCCCC. The molecule has 0 aromatic heterocycles. The summed E-state index contributed by atoms with van der Waals surface area (Å²) in [6.45, 7) is 10.7. The van der Waals surface area contributed by atoms with Crippen molar-refractivity contribution >= 4 is 11.8 Å². The number of hydrogen-bond acceptors (Lipinski definition) is 6. The molecule has 0 fully saturated rings. The summed E-state index contributed by atoms with van der Waals surface area (Å²) in [6, 6.07) is 0. The third kappa shape index (κ3) is 38.6. The number of carbonyl (C=O) groups is 2. The predicted molar refractivity (Wildman–Crippen MR) is 219 cm³/mol. The van der Waals surface area contributed by atoms with Crippen LogP contribution in [0.4, 0.5) is 0 Å². The topological polar surface area (TPSA) is 76.1 Å². The average molecular weight is 724 g/mol. The summed E-state index contributed by atoms with van der Waals surface area (Å²) < 4.78 is 11.6. The van der Waals surface area contributed by atoms with E-state index in [9.17, 15) is 14.7 Å². The summed E-state index contributed by atoms with van der Waals surface area (Å²) in [5.74, 6) is 0.238. The van der Waals surface area contributed by atoms with Crippen LogP contribution in [0.1, 0.15) is 233 Å². The van der Waals surface area contributed by atoms with E-state index in [1.54, 1.807) is 0 Å². The Morgan fingerprint density at radius 3 is 1.41 bits per heavy atom. The molecule has 0 bridgehead atoms. The van der Waals surface area contributed by atoms with E-state index >= 15 is 0 Å². The quantitative estimate of drug-likeness (QED) is 0.0498. The van der Waals surface area contributed by atoms with Gasteiger partial charge in [-0.25, -0.2) is 0 Å². The van der Waals surface area contributed by atoms with Gasteiger partial charge in [-0.1, -0.05) is 162 Å². The zero-order chi connectivity index (χ0) is 37.3. The molecule has 6 heteroatoms. The Bertz CT molecular complexity index is 701. The van der Waals surface area contributed by atoms with Crippen molar-refractivity contribution in [2.24, 2.45) is 0 Å². The molecule has 0 aromatic rings. The molecule has 0 spiro atoms. The van der Waals surface area contributed by atoms with Gasteiger partial charge >= 0.3 is 5.97 Å². The van der Waals surface area contributed by atoms with Crippen molar-refractivity contribution in [2.45, 2.75) is 239 Å². The van der Waals surface area contributed by atoms with Crippen molar-refractivity contribution in [3.8, 4) is 0 Å². The number of ether oxygens (including phenoxy) is 2. The highest BCUT2D eigenvalue weighted by Gasteiger charge is 2.14. The molecule has 6 nitrogen and oxygen atoms in total. The molecular weight excluding hydrogens is 634 g/mol. The van der Waals surface area contributed by atoms with E-state index in [0.29, 0.717) is 19.4 Å². The minimum atomic E-state index is 0.00870. The first-order chi connectivity index (χ1) is 25.1. The van der Waals surface area contributed by atoms with E-state index in [1.165, 1.54) is 128 Å². The number of unbranched alkanes of at least 4 members (excludes halogenated alkanes) is 24. The zero-order valence-corrected chi connectivity index (χ0v) is 34.7. The van der Waals surface area contributed by atoms with Crippen molar-refractivity contribution < 1.29 is 24.2 Å². The lowest BCUT2D eigenvalue weighted by atomic mass is 10.0. The Hall–Kier alpha value is -0.980. The van der Waals surface area contributed by atoms with E-state index in [2.05, 4.69) is 25.7 Å². The molecule has 0 aromatic carbocycles. The van der Waals surface area contributed by atoms with Gasteiger partial charge in [0, 0.05) is 26.0 Å². The summed E-state index contributed by atoms with van der Waals surface area (Å²) >= 11 is 0. The molecule has 1 N–H and O–H groups in total. The number of rotatable bonds is 43. The smallest absolute Gasteiger partial charge is 0.306 e. The van der Waals surface area contributed by atoms with Gasteiger partial charge in [-0.3, -0.25) is 9.59 Å². The third-order valence-electron chi connectivity index (χ3n) is 10.4. The highest BCUT2D eigenvalue weighted by atomic mass is 16.5. The van der Waals surface area contributed by atoms with Gasteiger partial charge in [-0.15, -0.1) is 0 Å². The van der Waals surface area contributed by atoms with E-state index in [0.717, 1.165) is 90.3 Å². The molecule has 0 aliphatic carbocycles. The van der Waals surface area contributed by atoms with Crippen LogP contribution in [0.5, 0.6) is 0 Å². The molecule has 0 saturated heterocycles. The monoisotopic (exact) mass is 724 g/mol. The van der Waals surface area contributed by atoms with Crippen LogP contribution < -0.4 is 0 Å². The van der Waals surface area contributed by atoms with Crippen molar-refractivity contribution in [3.05, 3.63) is 0 Å². The standard InChI is InChI=1S/C45H89NO5/c1-4-7-10-13-16-17-18-24-32-41-50-42-43(48)33-26-25-31-38-46(39-40-47)37-30-23-19-22-29-36-45(49)51-44(34-27-20-14-11-8-5-2)35-28-21-15-12-9-6-3/h44,47H,4-42H2,1-3H3. The van der Waals surface area contributed by atoms with E-state index in [1.807, 2.05) is 0 Å². The molecule has 0 radical (unpaired) electrons. The number of Topliss-reactive ketones (excluding diaryl/α,β-unsaturated/α-hetero) is 1. The van der Waals surface area contributed by atoms with Gasteiger partial charge in [0.1, 0.15) is 12.7 Å². The molecule has 0 rings (SSSR count). The van der Waals surface area contributed by atoms with Crippen LogP contribution in [-0.4, -0.2) is 67.3 Å². The van der Waals surface area contributed by atoms with Crippen LogP contribution in [0.25, 0.3) is 0 Å². The molecule has 304 valence electrons. The van der Waals surface area contributed by atoms with Gasteiger partial charge in [0.2, 0.25) is 0 Å². The molecule has 0 aliphatic rings. The van der Waals surface area contributed by atoms with Gasteiger partial charge in [0.05, 0.1) is 6.61 Å². The zero-order valence-electron chi connectivity index (χ0n) is 34.7. The fourth-order valence-corrected chi connectivity index (χ4v) is 7.03. The average Bonchev–Trinajstić information content (AvgIpc) is 3.12. The third-order valence-corrected chi connectivity index (χ3v) is 10.4. The van der Waals surface area contributed by atoms with Gasteiger partial charge in [0.15, 0.2) is 5.78 Å². The maximum absolute atomic E-state index is 12.7. The number of ketones is 1. The second-order valence-corrected chi connectivity index (χ2v) is 15.5. The normalized spacial score (nSPS) is 11.6. The summed E-state index contributed by atoms with van der Waals surface area (Å²) in [6.07, 6.45) is 38.8. The van der Waals surface area contributed by atoms with Crippen LogP contribution in [-0.2, 0) is 19.1 Å². The van der Waals surface area contributed by atoms with Crippen molar-refractivity contribution in [1.82, 2.24) is 4.90 Å². The predicted octanol–water partition coefficient (Wildman–Crippen LogP) is 12.7. The van der Waals surface area contributed by atoms with Crippen LogP contribution in [0.2, 0.25) is 0 Å². The molecule has 0 aliphatic heterocycles. The molecular formula is C45H89NO5. The first-order valence-corrected chi connectivity index (χ1v) is 22.7. The number of aliphatic hydroxyl groups excluding tert-OH is 1. The molecule has 0 heterocycles. The maximum Gasteiger partial charge on any atom is 0.306 e. The van der Waals surface area contributed by atoms with Crippen molar-refractivity contribution in [3.63, 3.8) is 0 Å². The first-order valence-electron chi connectivity index (χ1n) is 22.7. The van der Waals surface area contributed by atoms with Crippen LogP contribution in [0, 0.1) is 0 Å². The molecule has 0 saturated carbocycles. The fourth-order valence-electron chi connectivity index (χ4n) is 7.03. The van der Waals surface area contributed by atoms with Gasteiger partial charge in [-0.2, -0.15) is 0 Å². The van der Waals surface area contributed by atoms with E-state index in [-0.39, 0.29) is 31.1 Å². The first kappa shape index (κ1) is 50.0. The lowest BCUT2D eigenvalue weighted by Crippen LogP contribution is -2.29. The van der Waals surface area contributed by atoms with Gasteiger partial charge in [-0.05, 0) is 70.9 Å². The Balaban J connectivity index is 3.94. The van der Waals surface area contributed by atoms with E-state index in [4.69, 9.17) is 9.47 Å². The Kier molecular flexibility index (Phi) is 41.0. The summed E-state index contributed by atoms with van der Waals surface area (Å²) in [4.78, 5) is 27.2. The second-order valence-electron chi connectivity index (χ2n) is 15.5. The summed E-state index contributed by atoms with van der Waals surface area (Å²) in [7, 11) is 0. The molecule has 51 heavy (non-hydrogen) atoms. The molecule has 0 atom stereocenters. The number of hydrogen-bond donors (Lipinski definition) is 1. The van der Waals surface area contributed by atoms with Crippen molar-refractivity contribution in [2.75, 3.05) is 39.5 Å². The van der Waals surface area contributed by atoms with Crippen molar-refractivity contribution in [1.29, 1.82) is 0 Å². The number of aliphatic hydroxyl groups is 1. The molecule has 0 amide bonds. The van der Waals surface area contributed by atoms with Crippen LogP contribution in [0.15, 0.2) is 0 Å². The Morgan fingerprint density at radius 2 is 0.902 bits per heavy atom. The Labute approximate surface area is 318 Å². The lowest BCUT2D eigenvalue weighted by molar-refractivity contribution is -0.150.